The molecule has 0 aliphatic heterocycles. The van der Waals surface area contributed by atoms with E-state index in [-0.39, 0.29) is 12.3 Å². The second kappa shape index (κ2) is 9.04. The molecule has 2 rings (SSSR count). The lowest BCUT2D eigenvalue weighted by Gasteiger charge is -2.20. The monoisotopic (exact) mass is 367 g/mol. The number of carbonyl (C=O) groups excluding carboxylic acids is 2. The Balaban J connectivity index is 2.10. The van der Waals surface area contributed by atoms with E-state index in [4.69, 9.17) is 10.00 Å². The van der Waals surface area contributed by atoms with E-state index in [1.807, 2.05) is 50.2 Å². The van der Waals surface area contributed by atoms with Crippen LogP contribution >= 0.6 is 0 Å². The molecule has 6 nitrogen and oxygen atoms in total. The van der Waals surface area contributed by atoms with Gasteiger partial charge in [0.1, 0.15) is 0 Å². The Kier molecular flexibility index (Phi) is 6.78. The molecular formula is C21H25N3O3. The maximum Gasteiger partial charge on any atom is 0.340 e. The van der Waals surface area contributed by atoms with E-state index in [0.717, 1.165) is 17.0 Å². The molecule has 2 aromatic rings. The van der Waals surface area contributed by atoms with E-state index in [1.165, 1.54) is 4.90 Å². The van der Waals surface area contributed by atoms with Crippen molar-refractivity contribution in [2.75, 3.05) is 13.6 Å². The van der Waals surface area contributed by atoms with Gasteiger partial charge in [0, 0.05) is 31.5 Å². The highest BCUT2D eigenvalue weighted by Gasteiger charge is 2.24. The first-order chi connectivity index (χ1) is 12.8. The zero-order valence-corrected chi connectivity index (χ0v) is 16.2. The van der Waals surface area contributed by atoms with Gasteiger partial charge in [0.2, 0.25) is 0 Å². The van der Waals surface area contributed by atoms with E-state index < -0.39 is 12.1 Å². The van der Waals surface area contributed by atoms with Crippen molar-refractivity contribution in [2.24, 2.45) is 0 Å². The molecule has 0 aliphatic rings. The zero-order chi connectivity index (χ0) is 20.0. The van der Waals surface area contributed by atoms with Crippen molar-refractivity contribution >= 4 is 11.9 Å². The molecule has 1 amide bonds. The minimum absolute atomic E-state index is 0.240. The average molecular weight is 367 g/mol. The van der Waals surface area contributed by atoms with Gasteiger partial charge in [-0.1, -0.05) is 30.3 Å². The minimum Gasteiger partial charge on any atom is -0.449 e. The van der Waals surface area contributed by atoms with Crippen molar-refractivity contribution < 1.29 is 14.3 Å². The number of likely N-dealkylation sites (N-methyl/N-ethyl adjacent to an activating group) is 1. The van der Waals surface area contributed by atoms with Crippen molar-refractivity contribution in [3.05, 3.63) is 58.9 Å². The molecular weight excluding hydrogens is 342 g/mol. The SMILES string of the molecule is Cc1cc(C(=O)O[C@H](C)C(=O)N(C)CCC#N)c(C)n1Cc1ccccc1. The quantitative estimate of drug-likeness (QED) is 0.705. The maximum absolute atomic E-state index is 12.6. The van der Waals surface area contributed by atoms with Crippen LogP contribution in [0.2, 0.25) is 0 Å². The van der Waals surface area contributed by atoms with Crippen LogP contribution in [0.1, 0.15) is 40.7 Å². The molecule has 27 heavy (non-hydrogen) atoms. The summed E-state index contributed by atoms with van der Waals surface area (Å²) in [5, 5.41) is 8.62. The fraction of sp³-hybridized carbons (Fsp3) is 0.381. The van der Waals surface area contributed by atoms with E-state index in [9.17, 15) is 9.59 Å². The number of benzene rings is 1. The first kappa shape index (κ1) is 20.2. The van der Waals surface area contributed by atoms with Gasteiger partial charge in [-0.25, -0.2) is 4.79 Å². The molecule has 0 spiro atoms. The van der Waals surface area contributed by atoms with Gasteiger partial charge in [0.05, 0.1) is 18.1 Å². The lowest BCUT2D eigenvalue weighted by Crippen LogP contribution is -2.38. The molecule has 0 saturated heterocycles. The molecule has 1 heterocycles. The van der Waals surface area contributed by atoms with Gasteiger partial charge in [-0.05, 0) is 32.4 Å². The number of hydrogen-bond acceptors (Lipinski definition) is 4. The number of rotatable bonds is 7. The van der Waals surface area contributed by atoms with E-state index in [2.05, 4.69) is 4.57 Å². The van der Waals surface area contributed by atoms with Crippen LogP contribution in [-0.4, -0.2) is 41.0 Å². The molecule has 0 unspecified atom stereocenters. The predicted molar refractivity (Wildman–Crippen MR) is 102 cm³/mol. The molecule has 1 aromatic carbocycles. The largest absolute Gasteiger partial charge is 0.449 e. The van der Waals surface area contributed by atoms with Crippen LogP contribution in [-0.2, 0) is 16.1 Å². The Hall–Kier alpha value is -3.07. The summed E-state index contributed by atoms with van der Waals surface area (Å²) in [5.41, 5.74) is 3.36. The Morgan fingerprint density at radius 2 is 1.93 bits per heavy atom. The van der Waals surface area contributed by atoms with Crippen LogP contribution < -0.4 is 0 Å². The third-order valence-corrected chi connectivity index (χ3v) is 4.54. The van der Waals surface area contributed by atoms with Gasteiger partial charge in [0.15, 0.2) is 6.10 Å². The molecule has 0 aliphatic carbocycles. The van der Waals surface area contributed by atoms with E-state index >= 15 is 0 Å². The number of hydrogen-bond donors (Lipinski definition) is 0. The van der Waals surface area contributed by atoms with Crippen LogP contribution in [0, 0.1) is 25.2 Å². The molecule has 1 atom stereocenters. The van der Waals surface area contributed by atoms with Crippen molar-refractivity contribution in [1.29, 1.82) is 5.26 Å². The molecule has 0 radical (unpaired) electrons. The highest BCUT2D eigenvalue weighted by Crippen LogP contribution is 2.19. The number of amides is 1. The van der Waals surface area contributed by atoms with Gasteiger partial charge in [-0.2, -0.15) is 5.26 Å². The molecule has 0 bridgehead atoms. The number of aryl methyl sites for hydroxylation is 1. The van der Waals surface area contributed by atoms with Crippen molar-refractivity contribution in [2.45, 2.75) is 39.8 Å². The second-order valence-electron chi connectivity index (χ2n) is 6.57. The Labute approximate surface area is 160 Å². The topological polar surface area (TPSA) is 75.3 Å². The fourth-order valence-electron chi connectivity index (χ4n) is 2.93. The highest BCUT2D eigenvalue weighted by atomic mass is 16.5. The highest BCUT2D eigenvalue weighted by molar-refractivity contribution is 5.93. The van der Waals surface area contributed by atoms with Crippen molar-refractivity contribution in [3.63, 3.8) is 0 Å². The summed E-state index contributed by atoms with van der Waals surface area (Å²) in [6.45, 7) is 6.33. The van der Waals surface area contributed by atoms with Gasteiger partial charge >= 0.3 is 5.97 Å². The Bertz CT molecular complexity index is 850. The summed E-state index contributed by atoms with van der Waals surface area (Å²) >= 11 is 0. The lowest BCUT2D eigenvalue weighted by molar-refractivity contribution is -0.138. The van der Waals surface area contributed by atoms with Gasteiger partial charge in [-0.3, -0.25) is 4.79 Å². The third kappa shape index (κ3) is 4.98. The number of carbonyl (C=O) groups is 2. The molecule has 6 heteroatoms. The number of nitriles is 1. The molecule has 0 fully saturated rings. The standard InChI is InChI=1S/C21H25N3O3/c1-15-13-19(16(2)24(15)14-18-9-6-5-7-10-18)21(26)27-17(3)20(25)23(4)12-8-11-22/h5-7,9-10,13,17H,8,12,14H2,1-4H3/t17-/m1/s1. The van der Waals surface area contributed by atoms with Crippen LogP contribution in [0.3, 0.4) is 0 Å². The predicted octanol–water partition coefficient (Wildman–Crippen LogP) is 3.07. The Morgan fingerprint density at radius 1 is 1.26 bits per heavy atom. The molecule has 0 N–H and O–H groups in total. The first-order valence-electron chi connectivity index (χ1n) is 8.88. The van der Waals surface area contributed by atoms with Crippen LogP contribution in [0.15, 0.2) is 36.4 Å². The summed E-state index contributed by atoms with van der Waals surface area (Å²) in [7, 11) is 1.59. The summed E-state index contributed by atoms with van der Waals surface area (Å²) in [5.74, 6) is -0.839. The fourth-order valence-corrected chi connectivity index (χ4v) is 2.93. The lowest BCUT2D eigenvalue weighted by atomic mass is 10.2. The molecule has 0 saturated carbocycles. The van der Waals surface area contributed by atoms with Crippen LogP contribution in [0.25, 0.3) is 0 Å². The zero-order valence-electron chi connectivity index (χ0n) is 16.2. The normalized spacial score (nSPS) is 11.5. The van der Waals surface area contributed by atoms with Crippen molar-refractivity contribution in [3.8, 4) is 6.07 Å². The summed E-state index contributed by atoms with van der Waals surface area (Å²) in [4.78, 5) is 26.2. The number of aromatic nitrogens is 1. The average Bonchev–Trinajstić information content (AvgIpc) is 2.94. The van der Waals surface area contributed by atoms with Gasteiger partial charge in [-0.15, -0.1) is 0 Å². The third-order valence-electron chi connectivity index (χ3n) is 4.54. The summed E-state index contributed by atoms with van der Waals surface area (Å²) < 4.78 is 7.43. The van der Waals surface area contributed by atoms with Crippen LogP contribution in [0.4, 0.5) is 0 Å². The summed E-state index contributed by atoms with van der Waals surface area (Å²) in [6, 6.07) is 13.8. The molecule has 1 aromatic heterocycles. The smallest absolute Gasteiger partial charge is 0.340 e. The van der Waals surface area contributed by atoms with Crippen molar-refractivity contribution in [1.82, 2.24) is 9.47 Å². The summed E-state index contributed by atoms with van der Waals surface area (Å²) in [6.07, 6.45) is -0.665. The van der Waals surface area contributed by atoms with Gasteiger partial charge < -0.3 is 14.2 Å². The minimum atomic E-state index is -0.904. The Morgan fingerprint density at radius 3 is 2.56 bits per heavy atom. The van der Waals surface area contributed by atoms with Crippen LogP contribution in [0.5, 0.6) is 0 Å². The van der Waals surface area contributed by atoms with E-state index in [1.54, 1.807) is 20.0 Å². The van der Waals surface area contributed by atoms with Gasteiger partial charge in [0.25, 0.3) is 5.91 Å². The van der Waals surface area contributed by atoms with E-state index in [0.29, 0.717) is 18.7 Å². The number of esters is 1. The number of nitrogens with zero attached hydrogens (tertiary/aromatic N) is 3. The molecule has 142 valence electrons. The second-order valence-corrected chi connectivity index (χ2v) is 6.57. The first-order valence-corrected chi connectivity index (χ1v) is 8.88. The number of ether oxygens (including phenoxy) is 1. The maximum atomic E-state index is 12.6.